The van der Waals surface area contributed by atoms with Crippen molar-refractivity contribution >= 4 is 49.5 Å². The lowest BCUT2D eigenvalue weighted by molar-refractivity contribution is 1.19. The third-order valence-electron chi connectivity index (χ3n) is 3.41. The molecule has 0 bridgehead atoms. The highest BCUT2D eigenvalue weighted by Crippen LogP contribution is 2.29. The summed E-state index contributed by atoms with van der Waals surface area (Å²) in [5.41, 5.74) is 3.35. The molecule has 0 aliphatic heterocycles. The van der Waals surface area contributed by atoms with Crippen molar-refractivity contribution < 1.29 is 0 Å². The lowest BCUT2D eigenvalue weighted by Crippen LogP contribution is -1.86. The summed E-state index contributed by atoms with van der Waals surface area (Å²) in [5, 5.41) is 12.3. The van der Waals surface area contributed by atoms with Gasteiger partial charge in [0.1, 0.15) is 11.1 Å². The number of imidazole rings is 1. The van der Waals surface area contributed by atoms with Gasteiger partial charge in [0.25, 0.3) is 0 Å². The second kappa shape index (κ2) is 5.05. The number of para-hydroxylation sites is 1. The first-order valence-electron chi connectivity index (χ1n) is 6.66. The molecular weight excluding hydrogens is 312 g/mol. The molecule has 0 aliphatic rings. The van der Waals surface area contributed by atoms with E-state index in [1.807, 2.05) is 53.2 Å². The number of benzene rings is 1. The van der Waals surface area contributed by atoms with Crippen molar-refractivity contribution in [2.75, 3.05) is 0 Å². The lowest BCUT2D eigenvalue weighted by Gasteiger charge is -1.95. The van der Waals surface area contributed by atoms with Gasteiger partial charge in [-0.2, -0.15) is 5.26 Å². The average molecular weight is 322 g/mol. The van der Waals surface area contributed by atoms with Crippen molar-refractivity contribution in [1.82, 2.24) is 14.4 Å². The van der Waals surface area contributed by atoms with Crippen molar-refractivity contribution in [2.24, 2.45) is 0 Å². The molecule has 3 heterocycles. The van der Waals surface area contributed by atoms with Crippen LogP contribution >= 0.6 is 22.7 Å². The van der Waals surface area contributed by atoms with Crippen LogP contribution in [-0.4, -0.2) is 14.4 Å². The van der Waals surface area contributed by atoms with Gasteiger partial charge < -0.3 is 0 Å². The van der Waals surface area contributed by atoms with Gasteiger partial charge in [-0.3, -0.25) is 4.40 Å². The first kappa shape index (κ1) is 13.2. The predicted octanol–water partition coefficient (Wildman–Crippen LogP) is 4.38. The molecule has 0 saturated heterocycles. The van der Waals surface area contributed by atoms with E-state index in [0.29, 0.717) is 5.57 Å². The number of aromatic nitrogens is 3. The molecule has 1 aromatic carbocycles. The summed E-state index contributed by atoms with van der Waals surface area (Å²) in [6, 6.07) is 10.2. The number of rotatable bonds is 2. The number of fused-ring (bicyclic) bond motifs is 2. The number of allylic oxidation sites excluding steroid dienone is 1. The third-order valence-corrected chi connectivity index (χ3v) is 5.24. The van der Waals surface area contributed by atoms with Crippen LogP contribution in [0.1, 0.15) is 16.4 Å². The first-order valence-corrected chi connectivity index (χ1v) is 8.36. The predicted molar refractivity (Wildman–Crippen MR) is 90.9 cm³/mol. The van der Waals surface area contributed by atoms with Crippen LogP contribution in [0.2, 0.25) is 0 Å². The van der Waals surface area contributed by atoms with E-state index in [4.69, 9.17) is 0 Å². The Bertz CT molecular complexity index is 1030. The van der Waals surface area contributed by atoms with Crippen LogP contribution in [0.15, 0.2) is 35.8 Å². The van der Waals surface area contributed by atoms with Gasteiger partial charge in [0, 0.05) is 11.6 Å². The first-order chi connectivity index (χ1) is 10.8. The maximum Gasteiger partial charge on any atom is 0.194 e. The number of aryl methyl sites for hydroxylation is 1. The van der Waals surface area contributed by atoms with E-state index < -0.39 is 0 Å². The Balaban J connectivity index is 1.89. The molecule has 4 aromatic rings. The smallest absolute Gasteiger partial charge is 0.194 e. The van der Waals surface area contributed by atoms with E-state index in [2.05, 4.69) is 16.0 Å². The Morgan fingerprint density at radius 3 is 3.00 bits per heavy atom. The molecule has 4 nitrogen and oxygen atoms in total. The Morgan fingerprint density at radius 1 is 1.32 bits per heavy atom. The van der Waals surface area contributed by atoms with Crippen LogP contribution in [0.25, 0.3) is 26.8 Å². The third kappa shape index (κ3) is 2.03. The van der Waals surface area contributed by atoms with Gasteiger partial charge in [0.2, 0.25) is 0 Å². The highest BCUT2D eigenvalue weighted by molar-refractivity contribution is 7.19. The molecule has 0 radical (unpaired) electrons. The second-order valence-electron chi connectivity index (χ2n) is 4.79. The molecule has 0 amide bonds. The van der Waals surface area contributed by atoms with Crippen LogP contribution < -0.4 is 0 Å². The summed E-state index contributed by atoms with van der Waals surface area (Å²) < 4.78 is 3.09. The maximum absolute atomic E-state index is 9.54. The largest absolute Gasteiger partial charge is 0.291 e. The van der Waals surface area contributed by atoms with Crippen LogP contribution in [0.4, 0.5) is 0 Å². The molecule has 0 N–H and O–H groups in total. The molecule has 0 fully saturated rings. The van der Waals surface area contributed by atoms with Crippen LogP contribution in [0.5, 0.6) is 0 Å². The second-order valence-corrected chi connectivity index (χ2v) is 6.70. The quantitative estimate of drug-likeness (QED) is 0.515. The minimum Gasteiger partial charge on any atom is -0.291 e. The molecule has 22 heavy (non-hydrogen) atoms. The maximum atomic E-state index is 9.54. The zero-order valence-corrected chi connectivity index (χ0v) is 13.3. The van der Waals surface area contributed by atoms with E-state index in [9.17, 15) is 5.26 Å². The van der Waals surface area contributed by atoms with Crippen molar-refractivity contribution in [2.45, 2.75) is 6.92 Å². The molecule has 0 unspecified atom stereocenters. The van der Waals surface area contributed by atoms with Gasteiger partial charge in [0.05, 0.1) is 27.2 Å². The fraction of sp³-hybridized carbons (Fsp3) is 0.0625. The van der Waals surface area contributed by atoms with Gasteiger partial charge in [-0.15, -0.1) is 22.7 Å². The Hall–Kier alpha value is -2.49. The van der Waals surface area contributed by atoms with Gasteiger partial charge in [-0.25, -0.2) is 9.97 Å². The van der Waals surface area contributed by atoms with Crippen LogP contribution in [0.3, 0.4) is 0 Å². The summed E-state index contributed by atoms with van der Waals surface area (Å²) in [4.78, 5) is 10.0. The van der Waals surface area contributed by atoms with Crippen molar-refractivity contribution in [3.05, 3.63) is 52.2 Å². The summed E-state index contributed by atoms with van der Waals surface area (Å²) >= 11 is 3.12. The zero-order valence-electron chi connectivity index (χ0n) is 11.6. The summed E-state index contributed by atoms with van der Waals surface area (Å²) in [6.45, 7) is 1.96. The molecule has 3 aromatic heterocycles. The van der Waals surface area contributed by atoms with Crippen molar-refractivity contribution in [1.29, 1.82) is 5.26 Å². The Labute approximate surface area is 134 Å². The number of nitriles is 1. The van der Waals surface area contributed by atoms with E-state index in [0.717, 1.165) is 31.6 Å². The number of nitrogens with zero attached hydrogens (tertiary/aromatic N) is 4. The monoisotopic (exact) mass is 322 g/mol. The lowest BCUT2D eigenvalue weighted by atomic mass is 10.2. The summed E-state index contributed by atoms with van der Waals surface area (Å²) in [6.07, 6.45) is 3.85. The highest BCUT2D eigenvalue weighted by atomic mass is 32.1. The summed E-state index contributed by atoms with van der Waals surface area (Å²) in [7, 11) is 0. The normalized spacial score (nSPS) is 12.1. The fourth-order valence-corrected chi connectivity index (χ4v) is 4.05. The molecule has 0 saturated carbocycles. The van der Waals surface area contributed by atoms with E-state index in [1.54, 1.807) is 11.3 Å². The number of hydrogen-bond donors (Lipinski definition) is 0. The molecule has 0 atom stereocenters. The minimum atomic E-state index is 0.567. The molecule has 106 valence electrons. The topological polar surface area (TPSA) is 54.0 Å². The molecular formula is C16H10N4S2. The molecule has 6 heteroatoms. The van der Waals surface area contributed by atoms with Crippen LogP contribution in [-0.2, 0) is 0 Å². The average Bonchev–Trinajstić information content (AvgIpc) is 3.19. The van der Waals surface area contributed by atoms with Crippen LogP contribution in [0, 0.1) is 18.3 Å². The van der Waals surface area contributed by atoms with Gasteiger partial charge in [-0.1, -0.05) is 12.1 Å². The highest BCUT2D eigenvalue weighted by Gasteiger charge is 2.12. The Kier molecular flexibility index (Phi) is 3.03. The van der Waals surface area contributed by atoms with Gasteiger partial charge in [0.15, 0.2) is 4.96 Å². The Morgan fingerprint density at radius 2 is 2.18 bits per heavy atom. The standard InChI is InChI=1S/C16H10N4S2/c1-10-13(20-6-7-21-16(20)18-10)8-11(9-17)15-19-12-4-2-3-5-14(12)22-15/h2-8H,1H3. The number of hydrogen-bond acceptors (Lipinski definition) is 5. The number of thiazole rings is 2. The molecule has 0 spiro atoms. The summed E-state index contributed by atoms with van der Waals surface area (Å²) in [5.74, 6) is 0. The minimum absolute atomic E-state index is 0.567. The zero-order chi connectivity index (χ0) is 15.1. The van der Waals surface area contributed by atoms with E-state index >= 15 is 0 Å². The van der Waals surface area contributed by atoms with E-state index in [-0.39, 0.29) is 0 Å². The van der Waals surface area contributed by atoms with Crippen molar-refractivity contribution in [3.63, 3.8) is 0 Å². The SMILES string of the molecule is Cc1nc2sccn2c1C=C(C#N)c1nc2ccccc2s1. The van der Waals surface area contributed by atoms with Gasteiger partial charge in [-0.05, 0) is 25.1 Å². The molecule has 4 rings (SSSR count). The fourth-order valence-electron chi connectivity index (χ4n) is 2.35. The molecule has 0 aliphatic carbocycles. The van der Waals surface area contributed by atoms with Crippen molar-refractivity contribution in [3.8, 4) is 6.07 Å². The van der Waals surface area contributed by atoms with Gasteiger partial charge >= 0.3 is 0 Å². The van der Waals surface area contributed by atoms with E-state index in [1.165, 1.54) is 11.3 Å².